The quantitative estimate of drug-likeness (QED) is 0.830. The summed E-state index contributed by atoms with van der Waals surface area (Å²) in [6.07, 6.45) is 2.67. The van der Waals surface area contributed by atoms with E-state index in [1.54, 1.807) is 6.07 Å². The molecule has 2 fully saturated rings. The van der Waals surface area contributed by atoms with E-state index in [9.17, 15) is 9.59 Å². The monoisotopic (exact) mass is 343 g/mol. The number of amides is 2. The molecule has 2 aliphatic rings. The Morgan fingerprint density at radius 2 is 2.00 bits per heavy atom. The molecule has 0 aliphatic carbocycles. The zero-order valence-electron chi connectivity index (χ0n) is 15.8. The van der Waals surface area contributed by atoms with Crippen LogP contribution in [0.5, 0.6) is 0 Å². The summed E-state index contributed by atoms with van der Waals surface area (Å²) in [5, 5.41) is 0. The molecule has 0 radical (unpaired) electrons. The Hall–Kier alpha value is -1.91. The number of nitrogens with zero attached hydrogens (tertiary/aromatic N) is 3. The van der Waals surface area contributed by atoms with Crippen LogP contribution in [0.3, 0.4) is 0 Å². The second kappa shape index (κ2) is 6.43. The number of pyridine rings is 1. The number of carbonyl (C=O) groups is 2. The van der Waals surface area contributed by atoms with E-state index >= 15 is 0 Å². The predicted octanol–water partition coefficient (Wildman–Crippen LogP) is 2.89. The van der Waals surface area contributed by atoms with Crippen molar-refractivity contribution >= 4 is 11.8 Å². The molecule has 1 aromatic heterocycles. The molecule has 2 saturated heterocycles. The van der Waals surface area contributed by atoms with Crippen LogP contribution in [0.2, 0.25) is 0 Å². The van der Waals surface area contributed by atoms with Crippen molar-refractivity contribution in [3.8, 4) is 0 Å². The van der Waals surface area contributed by atoms with E-state index in [4.69, 9.17) is 0 Å². The second-order valence-electron chi connectivity index (χ2n) is 8.81. The average molecular weight is 343 g/mol. The van der Waals surface area contributed by atoms with Gasteiger partial charge in [0.25, 0.3) is 5.91 Å². The van der Waals surface area contributed by atoms with Crippen molar-refractivity contribution in [3.63, 3.8) is 0 Å². The zero-order chi connectivity index (χ0) is 18.2. The molecule has 1 spiro atoms. The van der Waals surface area contributed by atoms with Crippen molar-refractivity contribution in [2.24, 2.45) is 10.8 Å². The standard InChI is InChI=1S/C20H29N3O2/c1-15-7-5-8-16(21-15)17(24)22-12-10-20(14-22)9-6-11-23(18(20)25)13-19(2,3)4/h5,7-8H,6,9-14H2,1-4H3/t20-/m1/s1. The molecule has 5 heteroatoms. The summed E-state index contributed by atoms with van der Waals surface area (Å²) in [6, 6.07) is 5.50. The third kappa shape index (κ3) is 3.70. The van der Waals surface area contributed by atoms with E-state index in [1.165, 1.54) is 0 Å². The summed E-state index contributed by atoms with van der Waals surface area (Å²) in [5.74, 6) is 0.183. The predicted molar refractivity (Wildman–Crippen MR) is 97.2 cm³/mol. The SMILES string of the molecule is Cc1cccc(C(=O)N2CC[C@]3(CCCN(CC(C)(C)C)C3=O)C2)n1. The number of hydrogen-bond donors (Lipinski definition) is 0. The molecule has 3 heterocycles. The first kappa shape index (κ1) is 17.9. The Bertz CT molecular complexity index is 680. The number of aromatic nitrogens is 1. The molecule has 0 unspecified atom stereocenters. The Morgan fingerprint density at radius 1 is 1.24 bits per heavy atom. The van der Waals surface area contributed by atoms with Gasteiger partial charge in [0.15, 0.2) is 0 Å². The van der Waals surface area contributed by atoms with E-state index in [0.29, 0.717) is 18.8 Å². The van der Waals surface area contributed by atoms with Crippen LogP contribution < -0.4 is 0 Å². The molecule has 2 amide bonds. The zero-order valence-corrected chi connectivity index (χ0v) is 15.8. The summed E-state index contributed by atoms with van der Waals surface area (Å²) in [7, 11) is 0. The number of rotatable bonds is 2. The van der Waals surface area contributed by atoms with Gasteiger partial charge < -0.3 is 9.80 Å². The minimum atomic E-state index is -0.386. The number of carbonyl (C=O) groups excluding carboxylic acids is 2. The van der Waals surface area contributed by atoms with Crippen LogP contribution in [0, 0.1) is 17.8 Å². The van der Waals surface area contributed by atoms with E-state index in [0.717, 1.165) is 38.0 Å². The van der Waals surface area contributed by atoms with Crippen LogP contribution in [-0.4, -0.2) is 52.8 Å². The molecule has 2 aliphatic heterocycles. The summed E-state index contributed by atoms with van der Waals surface area (Å²) >= 11 is 0. The van der Waals surface area contributed by atoms with Crippen LogP contribution in [-0.2, 0) is 4.79 Å². The first-order chi connectivity index (χ1) is 11.7. The lowest BCUT2D eigenvalue weighted by Crippen LogP contribution is -2.52. The van der Waals surface area contributed by atoms with Crippen molar-refractivity contribution in [1.82, 2.24) is 14.8 Å². The van der Waals surface area contributed by atoms with Gasteiger partial charge in [-0.1, -0.05) is 26.8 Å². The van der Waals surface area contributed by atoms with Gasteiger partial charge in [0.1, 0.15) is 5.69 Å². The van der Waals surface area contributed by atoms with Crippen LogP contribution in [0.4, 0.5) is 0 Å². The highest BCUT2D eigenvalue weighted by Gasteiger charge is 2.49. The smallest absolute Gasteiger partial charge is 0.272 e. The molecule has 0 saturated carbocycles. The van der Waals surface area contributed by atoms with E-state index in [1.807, 2.05) is 28.9 Å². The van der Waals surface area contributed by atoms with Crippen molar-refractivity contribution in [2.45, 2.75) is 47.0 Å². The minimum absolute atomic E-state index is 0.0543. The Balaban J connectivity index is 1.74. The van der Waals surface area contributed by atoms with Crippen molar-refractivity contribution in [2.75, 3.05) is 26.2 Å². The number of piperidine rings is 1. The molecular weight excluding hydrogens is 314 g/mol. The highest BCUT2D eigenvalue weighted by Crippen LogP contribution is 2.41. The number of aryl methyl sites for hydroxylation is 1. The third-order valence-electron chi connectivity index (χ3n) is 5.24. The van der Waals surface area contributed by atoms with Gasteiger partial charge in [-0.2, -0.15) is 0 Å². The molecule has 1 aromatic rings. The van der Waals surface area contributed by atoms with E-state index < -0.39 is 0 Å². The first-order valence-corrected chi connectivity index (χ1v) is 9.23. The van der Waals surface area contributed by atoms with E-state index in [2.05, 4.69) is 25.8 Å². The van der Waals surface area contributed by atoms with Gasteiger partial charge in [-0.25, -0.2) is 4.98 Å². The molecule has 136 valence electrons. The van der Waals surface area contributed by atoms with Gasteiger partial charge in [0.2, 0.25) is 5.91 Å². The Kier molecular flexibility index (Phi) is 4.60. The normalized spacial score (nSPS) is 24.2. The molecule has 0 bridgehead atoms. The molecule has 1 atom stereocenters. The van der Waals surface area contributed by atoms with Gasteiger partial charge in [-0.3, -0.25) is 9.59 Å². The molecule has 0 N–H and O–H groups in total. The lowest BCUT2D eigenvalue weighted by atomic mass is 9.77. The fraction of sp³-hybridized carbons (Fsp3) is 0.650. The highest BCUT2D eigenvalue weighted by atomic mass is 16.2. The van der Waals surface area contributed by atoms with Crippen LogP contribution in [0.1, 0.15) is 56.2 Å². The van der Waals surface area contributed by atoms with Crippen molar-refractivity contribution in [1.29, 1.82) is 0 Å². The maximum Gasteiger partial charge on any atom is 0.272 e. The Labute approximate surface area is 150 Å². The van der Waals surface area contributed by atoms with Gasteiger partial charge >= 0.3 is 0 Å². The van der Waals surface area contributed by atoms with Crippen LogP contribution in [0.15, 0.2) is 18.2 Å². The van der Waals surface area contributed by atoms with Gasteiger partial charge in [-0.15, -0.1) is 0 Å². The summed E-state index contributed by atoms with van der Waals surface area (Å²) < 4.78 is 0. The molecule has 25 heavy (non-hydrogen) atoms. The first-order valence-electron chi connectivity index (χ1n) is 9.23. The topological polar surface area (TPSA) is 53.5 Å². The fourth-order valence-electron chi connectivity index (χ4n) is 4.12. The largest absolute Gasteiger partial charge is 0.342 e. The van der Waals surface area contributed by atoms with Gasteiger partial charge in [0, 0.05) is 31.9 Å². The maximum atomic E-state index is 13.2. The minimum Gasteiger partial charge on any atom is -0.342 e. The van der Waals surface area contributed by atoms with Gasteiger partial charge in [0.05, 0.1) is 5.41 Å². The second-order valence-corrected chi connectivity index (χ2v) is 8.81. The van der Waals surface area contributed by atoms with Crippen LogP contribution >= 0.6 is 0 Å². The summed E-state index contributed by atoms with van der Waals surface area (Å²) in [5.41, 5.74) is 1.02. The number of hydrogen-bond acceptors (Lipinski definition) is 3. The number of likely N-dealkylation sites (tertiary alicyclic amines) is 2. The lowest BCUT2D eigenvalue weighted by molar-refractivity contribution is -0.147. The van der Waals surface area contributed by atoms with Crippen molar-refractivity contribution < 1.29 is 9.59 Å². The molecular formula is C20H29N3O2. The maximum absolute atomic E-state index is 13.2. The molecule has 0 aromatic carbocycles. The summed E-state index contributed by atoms with van der Waals surface area (Å²) in [6.45, 7) is 11.2. The third-order valence-corrected chi connectivity index (χ3v) is 5.24. The lowest BCUT2D eigenvalue weighted by Gasteiger charge is -2.41. The Morgan fingerprint density at radius 3 is 2.68 bits per heavy atom. The summed E-state index contributed by atoms with van der Waals surface area (Å²) in [4.78, 5) is 34.1. The van der Waals surface area contributed by atoms with Crippen LogP contribution in [0.25, 0.3) is 0 Å². The molecule has 3 rings (SSSR count). The fourth-order valence-corrected chi connectivity index (χ4v) is 4.12. The average Bonchev–Trinajstić information content (AvgIpc) is 2.95. The highest BCUT2D eigenvalue weighted by molar-refractivity contribution is 5.94. The van der Waals surface area contributed by atoms with Gasteiger partial charge in [-0.05, 0) is 43.7 Å². The molecule has 5 nitrogen and oxygen atoms in total. The van der Waals surface area contributed by atoms with Crippen molar-refractivity contribution in [3.05, 3.63) is 29.6 Å². The van der Waals surface area contributed by atoms with E-state index in [-0.39, 0.29) is 22.6 Å².